The minimum atomic E-state index is -4.15. The second-order valence-corrected chi connectivity index (χ2v) is 6.24. The van der Waals surface area contributed by atoms with E-state index >= 15 is 0 Å². The molecule has 0 bridgehead atoms. The molecule has 0 aromatic carbocycles. The van der Waals surface area contributed by atoms with Crippen molar-refractivity contribution in [1.82, 2.24) is 14.9 Å². The monoisotopic (exact) mass is 293 g/mol. The smallest absolute Gasteiger partial charge is 0.333 e. The first-order chi connectivity index (χ1) is 8.91. The predicted octanol–water partition coefficient (Wildman–Crippen LogP) is 2.78. The van der Waals surface area contributed by atoms with E-state index in [1.807, 2.05) is 4.57 Å². The number of hydrogen-bond acceptors (Lipinski definition) is 3. The van der Waals surface area contributed by atoms with Crippen LogP contribution in [0.4, 0.5) is 13.2 Å². The van der Waals surface area contributed by atoms with E-state index in [4.69, 9.17) is 0 Å². The van der Waals surface area contributed by atoms with E-state index in [-0.39, 0.29) is 22.9 Å². The van der Waals surface area contributed by atoms with Crippen molar-refractivity contribution < 1.29 is 13.2 Å². The molecule has 0 radical (unpaired) electrons. The summed E-state index contributed by atoms with van der Waals surface area (Å²) in [6.45, 7) is 4.40. The number of imidazole rings is 1. The van der Waals surface area contributed by atoms with Gasteiger partial charge in [0.15, 0.2) is 0 Å². The molecule has 0 atom stereocenters. The summed E-state index contributed by atoms with van der Waals surface area (Å²) in [6.07, 6.45) is 5.42. The Bertz CT molecular complexity index is 411. The zero-order valence-corrected chi connectivity index (χ0v) is 11.7. The number of alkyl halides is 3. The second kappa shape index (κ2) is 5.75. The Hall–Kier alpha value is -0.690. The first kappa shape index (κ1) is 14.7. The van der Waals surface area contributed by atoms with Gasteiger partial charge in [0.2, 0.25) is 0 Å². The number of aryl methyl sites for hydroxylation is 1. The van der Waals surface area contributed by atoms with Gasteiger partial charge in [-0.2, -0.15) is 13.2 Å². The Kier molecular flexibility index (Phi) is 4.45. The fourth-order valence-electron chi connectivity index (χ4n) is 2.50. The lowest BCUT2D eigenvalue weighted by molar-refractivity contribution is -0.0328. The molecule has 1 aliphatic heterocycles. The second-order valence-electron chi connectivity index (χ2n) is 5.08. The van der Waals surface area contributed by atoms with Crippen molar-refractivity contribution in [3.63, 3.8) is 0 Å². The molecule has 1 saturated heterocycles. The highest BCUT2D eigenvalue weighted by molar-refractivity contribution is 8.00. The largest absolute Gasteiger partial charge is 0.441 e. The molecule has 0 aliphatic carbocycles. The lowest BCUT2D eigenvalue weighted by atomic mass is 9.78. The van der Waals surface area contributed by atoms with Crippen LogP contribution in [0.2, 0.25) is 0 Å². The summed E-state index contributed by atoms with van der Waals surface area (Å²) in [7, 11) is 0. The number of piperidine rings is 1. The van der Waals surface area contributed by atoms with Crippen LogP contribution in [0.5, 0.6) is 0 Å². The summed E-state index contributed by atoms with van der Waals surface area (Å²) in [4.78, 5) is 4.11. The molecule has 1 aliphatic rings. The standard InChI is InChI=1S/C12H18F3N3S/c1-11(2-4-16-5-3-11)10-8-17-9-18(10)6-7-19-12(13,14)15/h8-9,16H,2-7H2,1H3. The molecule has 1 fully saturated rings. The van der Waals surface area contributed by atoms with Crippen LogP contribution in [-0.4, -0.2) is 33.9 Å². The highest BCUT2D eigenvalue weighted by atomic mass is 32.2. The average molecular weight is 293 g/mol. The van der Waals surface area contributed by atoms with Gasteiger partial charge in [-0.25, -0.2) is 4.98 Å². The molecule has 1 aromatic rings. The van der Waals surface area contributed by atoms with Crippen molar-refractivity contribution in [3.8, 4) is 0 Å². The van der Waals surface area contributed by atoms with Crippen molar-refractivity contribution in [2.45, 2.75) is 37.2 Å². The molecule has 2 rings (SSSR count). The minimum absolute atomic E-state index is 0.0185. The summed E-state index contributed by atoms with van der Waals surface area (Å²) in [5.74, 6) is 0.0290. The Labute approximate surface area is 115 Å². The molecule has 0 saturated carbocycles. The van der Waals surface area contributed by atoms with Gasteiger partial charge in [-0.1, -0.05) is 6.92 Å². The van der Waals surface area contributed by atoms with Gasteiger partial charge in [0.25, 0.3) is 0 Å². The van der Waals surface area contributed by atoms with E-state index in [1.54, 1.807) is 12.5 Å². The van der Waals surface area contributed by atoms with Gasteiger partial charge in [-0.05, 0) is 37.7 Å². The van der Waals surface area contributed by atoms with Crippen LogP contribution < -0.4 is 5.32 Å². The third kappa shape index (κ3) is 3.89. The van der Waals surface area contributed by atoms with Crippen LogP contribution in [0.3, 0.4) is 0 Å². The zero-order valence-electron chi connectivity index (χ0n) is 10.8. The lowest BCUT2D eigenvalue weighted by Crippen LogP contribution is -2.39. The molecule has 1 N–H and O–H groups in total. The van der Waals surface area contributed by atoms with Gasteiger partial charge in [-0.15, -0.1) is 0 Å². The summed E-state index contributed by atoms with van der Waals surface area (Å²) in [5, 5.41) is 3.30. The minimum Gasteiger partial charge on any atom is -0.333 e. The van der Waals surface area contributed by atoms with E-state index in [9.17, 15) is 13.2 Å². The topological polar surface area (TPSA) is 29.9 Å². The van der Waals surface area contributed by atoms with Gasteiger partial charge < -0.3 is 9.88 Å². The fourth-order valence-corrected chi connectivity index (χ4v) is 3.02. The maximum atomic E-state index is 12.1. The molecule has 1 aromatic heterocycles. The van der Waals surface area contributed by atoms with E-state index in [1.165, 1.54) is 0 Å². The van der Waals surface area contributed by atoms with Gasteiger partial charge >= 0.3 is 5.51 Å². The van der Waals surface area contributed by atoms with Crippen LogP contribution in [0.15, 0.2) is 12.5 Å². The van der Waals surface area contributed by atoms with E-state index in [2.05, 4.69) is 17.2 Å². The van der Waals surface area contributed by atoms with Gasteiger partial charge in [-0.3, -0.25) is 0 Å². The fraction of sp³-hybridized carbons (Fsp3) is 0.750. The Morgan fingerprint density at radius 1 is 1.42 bits per heavy atom. The van der Waals surface area contributed by atoms with Crippen molar-refractivity contribution in [3.05, 3.63) is 18.2 Å². The third-order valence-electron chi connectivity index (χ3n) is 3.64. The zero-order chi connectivity index (χ0) is 13.9. The number of aromatic nitrogens is 2. The summed E-state index contributed by atoms with van der Waals surface area (Å²) < 4.78 is 38.3. The van der Waals surface area contributed by atoms with E-state index < -0.39 is 5.51 Å². The van der Waals surface area contributed by atoms with Crippen LogP contribution in [0.1, 0.15) is 25.5 Å². The van der Waals surface area contributed by atoms with Crippen molar-refractivity contribution in [1.29, 1.82) is 0 Å². The number of nitrogens with one attached hydrogen (secondary N) is 1. The van der Waals surface area contributed by atoms with Gasteiger partial charge in [0, 0.05) is 29.6 Å². The molecular weight excluding hydrogens is 275 g/mol. The third-order valence-corrected chi connectivity index (χ3v) is 4.35. The number of thioether (sulfide) groups is 1. The van der Waals surface area contributed by atoms with Gasteiger partial charge in [0.05, 0.1) is 6.33 Å². The molecule has 19 heavy (non-hydrogen) atoms. The molecule has 108 valence electrons. The van der Waals surface area contributed by atoms with E-state index in [0.717, 1.165) is 31.6 Å². The first-order valence-corrected chi connectivity index (χ1v) is 7.31. The molecule has 7 heteroatoms. The molecule has 0 amide bonds. The number of hydrogen-bond donors (Lipinski definition) is 1. The molecule has 0 spiro atoms. The van der Waals surface area contributed by atoms with Crippen LogP contribution in [0, 0.1) is 0 Å². The highest BCUT2D eigenvalue weighted by Crippen LogP contribution is 2.34. The number of halogens is 3. The lowest BCUT2D eigenvalue weighted by Gasteiger charge is -2.34. The molecule has 0 unspecified atom stereocenters. The van der Waals surface area contributed by atoms with Gasteiger partial charge in [0.1, 0.15) is 0 Å². The molecule has 2 heterocycles. The predicted molar refractivity (Wildman–Crippen MR) is 70.2 cm³/mol. The normalized spacial score (nSPS) is 19.6. The van der Waals surface area contributed by atoms with Crippen molar-refractivity contribution >= 4 is 11.8 Å². The summed E-state index contributed by atoms with van der Waals surface area (Å²) in [5.41, 5.74) is -3.08. The maximum absolute atomic E-state index is 12.1. The van der Waals surface area contributed by atoms with Crippen LogP contribution >= 0.6 is 11.8 Å². The summed E-state index contributed by atoms with van der Waals surface area (Å²) in [6, 6.07) is 0. The Morgan fingerprint density at radius 3 is 2.74 bits per heavy atom. The van der Waals surface area contributed by atoms with E-state index in [0.29, 0.717) is 6.54 Å². The van der Waals surface area contributed by atoms with Crippen LogP contribution in [0.25, 0.3) is 0 Å². The Balaban J connectivity index is 2.01. The highest BCUT2D eigenvalue weighted by Gasteiger charge is 2.32. The quantitative estimate of drug-likeness (QED) is 0.926. The van der Waals surface area contributed by atoms with Crippen molar-refractivity contribution in [2.75, 3.05) is 18.8 Å². The SMILES string of the molecule is CC1(c2cncn2CCSC(F)(F)F)CCNCC1. The summed E-state index contributed by atoms with van der Waals surface area (Å²) >= 11 is 0.0251. The average Bonchev–Trinajstić information content (AvgIpc) is 2.77. The number of rotatable bonds is 4. The maximum Gasteiger partial charge on any atom is 0.441 e. The van der Waals surface area contributed by atoms with Crippen molar-refractivity contribution in [2.24, 2.45) is 0 Å². The molecular formula is C12H18F3N3S. The number of nitrogens with zero attached hydrogens (tertiary/aromatic N) is 2. The first-order valence-electron chi connectivity index (χ1n) is 6.33. The Morgan fingerprint density at radius 2 is 2.11 bits per heavy atom. The molecule has 3 nitrogen and oxygen atoms in total. The van der Waals surface area contributed by atoms with Crippen LogP contribution in [-0.2, 0) is 12.0 Å².